The molecule has 0 aliphatic heterocycles. The van der Waals surface area contributed by atoms with E-state index in [0.29, 0.717) is 22.7 Å². The van der Waals surface area contributed by atoms with E-state index in [9.17, 15) is 34.8 Å². The third-order valence-corrected chi connectivity index (χ3v) is 8.52. The van der Waals surface area contributed by atoms with Gasteiger partial charge in [-0.15, -0.1) is 0 Å². The second-order valence-corrected chi connectivity index (χ2v) is 12.5. The van der Waals surface area contributed by atoms with Crippen molar-refractivity contribution in [1.82, 2.24) is 0 Å². The summed E-state index contributed by atoms with van der Waals surface area (Å²) >= 11 is 17.8. The van der Waals surface area contributed by atoms with Gasteiger partial charge in [-0.3, -0.25) is 13.8 Å². The number of benzene rings is 3. The predicted octanol–water partition coefficient (Wildman–Crippen LogP) is 5.87. The van der Waals surface area contributed by atoms with Gasteiger partial charge in [0, 0.05) is 5.69 Å². The first-order chi connectivity index (χ1) is 17.5. The summed E-state index contributed by atoms with van der Waals surface area (Å²) in [4.78, 5) is 12.4. The third-order valence-electron chi connectivity index (χ3n) is 4.87. The number of anilines is 3. The minimum atomic E-state index is -4.78. The molecule has 0 fully saturated rings. The lowest BCUT2D eigenvalue weighted by Gasteiger charge is -2.24. The Balaban J connectivity index is 1.79. The maximum absolute atomic E-state index is 13.1. The molecule has 3 rings (SSSR count). The highest BCUT2D eigenvalue weighted by Crippen LogP contribution is 2.36. The van der Waals surface area contributed by atoms with Crippen LogP contribution in [-0.4, -0.2) is 35.5 Å². The molecule has 204 valence electrons. The standard InChI is InChI=1S/C22H17Cl3F3N3O5S2/c1-37(33,34)31(19-11-13(22(26,27)28)5-10-16(19)23)12-20(32)29-14-6-8-15(9-7-14)38(35,36)30-18-4-2-3-17(24)21(18)25/h2-11,30H,12H2,1H3,(H,29,32). The van der Waals surface area contributed by atoms with Crippen LogP contribution in [0.3, 0.4) is 0 Å². The molecule has 0 aromatic heterocycles. The number of carbonyl (C=O) groups excluding carboxylic acids is 1. The van der Waals surface area contributed by atoms with Gasteiger partial charge < -0.3 is 5.32 Å². The van der Waals surface area contributed by atoms with Gasteiger partial charge >= 0.3 is 6.18 Å². The van der Waals surface area contributed by atoms with Crippen LogP contribution in [0.2, 0.25) is 15.1 Å². The lowest BCUT2D eigenvalue weighted by Crippen LogP contribution is -2.37. The van der Waals surface area contributed by atoms with E-state index in [4.69, 9.17) is 34.8 Å². The van der Waals surface area contributed by atoms with E-state index in [1.165, 1.54) is 30.3 Å². The topological polar surface area (TPSA) is 113 Å². The van der Waals surface area contributed by atoms with E-state index in [0.717, 1.165) is 18.2 Å². The lowest BCUT2D eigenvalue weighted by molar-refractivity contribution is -0.137. The number of hydrogen-bond acceptors (Lipinski definition) is 5. The molecule has 1 amide bonds. The monoisotopic (exact) mass is 629 g/mol. The molecule has 0 spiro atoms. The van der Waals surface area contributed by atoms with Crippen LogP contribution < -0.4 is 14.3 Å². The van der Waals surface area contributed by atoms with Crippen LogP contribution in [0.5, 0.6) is 0 Å². The van der Waals surface area contributed by atoms with Gasteiger partial charge in [-0.2, -0.15) is 13.2 Å². The van der Waals surface area contributed by atoms with Gasteiger partial charge in [-0.1, -0.05) is 40.9 Å². The van der Waals surface area contributed by atoms with Gasteiger partial charge in [0.05, 0.1) is 43.2 Å². The molecule has 0 radical (unpaired) electrons. The van der Waals surface area contributed by atoms with E-state index in [1.54, 1.807) is 0 Å². The highest BCUT2D eigenvalue weighted by Gasteiger charge is 2.33. The Hall–Kier alpha value is -2.71. The predicted molar refractivity (Wildman–Crippen MR) is 141 cm³/mol. The summed E-state index contributed by atoms with van der Waals surface area (Å²) in [6.45, 7) is -0.908. The molecule has 3 aromatic carbocycles. The van der Waals surface area contributed by atoms with Gasteiger partial charge in [0.15, 0.2) is 0 Å². The van der Waals surface area contributed by atoms with E-state index >= 15 is 0 Å². The molecule has 0 unspecified atom stereocenters. The Kier molecular flexibility index (Phi) is 8.78. The average Bonchev–Trinajstić information content (AvgIpc) is 2.80. The van der Waals surface area contributed by atoms with Crippen molar-refractivity contribution >= 4 is 77.8 Å². The number of hydrogen-bond donors (Lipinski definition) is 2. The first-order valence-corrected chi connectivity index (χ1v) is 14.7. The number of nitrogens with zero attached hydrogens (tertiary/aromatic N) is 1. The van der Waals surface area contributed by atoms with Crippen molar-refractivity contribution in [2.45, 2.75) is 11.1 Å². The van der Waals surface area contributed by atoms with E-state index < -0.39 is 49.9 Å². The largest absolute Gasteiger partial charge is 0.416 e. The van der Waals surface area contributed by atoms with Crippen molar-refractivity contribution in [2.24, 2.45) is 0 Å². The normalized spacial score (nSPS) is 12.2. The van der Waals surface area contributed by atoms with Gasteiger partial charge in [0.25, 0.3) is 10.0 Å². The summed E-state index contributed by atoms with van der Waals surface area (Å²) in [6, 6.07) is 11.2. The Morgan fingerprint density at radius 2 is 1.55 bits per heavy atom. The fourth-order valence-electron chi connectivity index (χ4n) is 3.10. The lowest BCUT2D eigenvalue weighted by atomic mass is 10.2. The highest BCUT2D eigenvalue weighted by atomic mass is 35.5. The minimum absolute atomic E-state index is 0.00192. The first-order valence-electron chi connectivity index (χ1n) is 10.2. The van der Waals surface area contributed by atoms with Crippen molar-refractivity contribution in [2.75, 3.05) is 27.1 Å². The molecule has 38 heavy (non-hydrogen) atoms. The maximum Gasteiger partial charge on any atom is 0.416 e. The molecule has 16 heteroatoms. The summed E-state index contributed by atoms with van der Waals surface area (Å²) in [5.74, 6) is -0.927. The van der Waals surface area contributed by atoms with Crippen molar-refractivity contribution in [3.05, 3.63) is 81.3 Å². The van der Waals surface area contributed by atoms with Crippen LogP contribution in [-0.2, 0) is 31.0 Å². The van der Waals surface area contributed by atoms with Gasteiger partial charge in [-0.25, -0.2) is 16.8 Å². The third kappa shape index (κ3) is 7.23. The zero-order chi connectivity index (χ0) is 28.5. The Morgan fingerprint density at radius 1 is 0.921 bits per heavy atom. The van der Waals surface area contributed by atoms with Crippen molar-refractivity contribution < 1.29 is 34.8 Å². The fourth-order valence-corrected chi connectivity index (χ4v) is 5.70. The molecule has 0 saturated heterocycles. The number of alkyl halides is 3. The number of nitrogens with one attached hydrogen (secondary N) is 2. The van der Waals surface area contributed by atoms with Gasteiger partial charge in [0.2, 0.25) is 15.9 Å². The molecule has 0 heterocycles. The molecular formula is C22H17Cl3F3N3O5S2. The summed E-state index contributed by atoms with van der Waals surface area (Å²) in [5.41, 5.74) is -1.56. The molecule has 0 bridgehead atoms. The molecule has 0 aliphatic carbocycles. The van der Waals surface area contributed by atoms with E-state index in [2.05, 4.69) is 10.0 Å². The summed E-state index contributed by atoms with van der Waals surface area (Å²) in [6.07, 6.45) is -4.07. The van der Waals surface area contributed by atoms with Crippen LogP contribution in [0.1, 0.15) is 5.56 Å². The van der Waals surface area contributed by atoms with Crippen LogP contribution in [0.4, 0.5) is 30.2 Å². The zero-order valence-corrected chi connectivity index (χ0v) is 23.0. The van der Waals surface area contributed by atoms with Crippen LogP contribution in [0.25, 0.3) is 0 Å². The molecule has 0 aliphatic rings. The Bertz CT molecular complexity index is 1580. The minimum Gasteiger partial charge on any atom is -0.325 e. The average molecular weight is 631 g/mol. The Labute approximate surface area is 231 Å². The smallest absolute Gasteiger partial charge is 0.325 e. The Morgan fingerprint density at radius 3 is 2.13 bits per heavy atom. The molecule has 2 N–H and O–H groups in total. The second kappa shape index (κ2) is 11.2. The molecule has 3 aromatic rings. The van der Waals surface area contributed by atoms with Gasteiger partial charge in [0.1, 0.15) is 6.54 Å². The number of sulfonamides is 2. The molecule has 0 atom stereocenters. The van der Waals surface area contributed by atoms with E-state index in [1.807, 2.05) is 0 Å². The number of amides is 1. The number of rotatable bonds is 8. The van der Waals surface area contributed by atoms with Crippen LogP contribution in [0.15, 0.2) is 65.6 Å². The van der Waals surface area contributed by atoms with E-state index in [-0.39, 0.29) is 31.3 Å². The highest BCUT2D eigenvalue weighted by molar-refractivity contribution is 7.92. The summed E-state index contributed by atoms with van der Waals surface area (Å²) in [5, 5.41) is 2.17. The molecular weight excluding hydrogens is 614 g/mol. The number of carbonyl (C=O) groups is 1. The van der Waals surface area contributed by atoms with Crippen molar-refractivity contribution in [3.63, 3.8) is 0 Å². The zero-order valence-electron chi connectivity index (χ0n) is 19.1. The maximum atomic E-state index is 13.1. The molecule has 0 saturated carbocycles. The second-order valence-electron chi connectivity index (χ2n) is 7.71. The first kappa shape index (κ1) is 29.8. The molecule has 8 nitrogen and oxygen atoms in total. The SMILES string of the molecule is CS(=O)(=O)N(CC(=O)Nc1ccc(S(=O)(=O)Nc2cccc(Cl)c2Cl)cc1)c1cc(C(F)(F)F)ccc1Cl. The van der Waals surface area contributed by atoms with Crippen LogP contribution >= 0.6 is 34.8 Å². The van der Waals surface area contributed by atoms with Crippen molar-refractivity contribution in [1.29, 1.82) is 0 Å². The summed E-state index contributed by atoms with van der Waals surface area (Å²) in [7, 11) is -8.33. The van der Waals surface area contributed by atoms with Crippen LogP contribution in [0, 0.1) is 0 Å². The van der Waals surface area contributed by atoms with Gasteiger partial charge in [-0.05, 0) is 54.6 Å². The number of halogens is 6. The fraction of sp³-hybridized carbons (Fsp3) is 0.136. The quantitative estimate of drug-likeness (QED) is 0.323. The van der Waals surface area contributed by atoms with Crippen molar-refractivity contribution in [3.8, 4) is 0 Å². The summed E-state index contributed by atoms with van der Waals surface area (Å²) < 4.78 is 92.1.